The third-order valence-electron chi connectivity index (χ3n) is 2.78. The van der Waals surface area contributed by atoms with E-state index in [2.05, 4.69) is 9.97 Å². The van der Waals surface area contributed by atoms with E-state index in [-0.39, 0.29) is 0 Å². The van der Waals surface area contributed by atoms with Gasteiger partial charge in [-0.05, 0) is 18.2 Å². The Balaban J connectivity index is 2.28. The van der Waals surface area contributed by atoms with Crippen molar-refractivity contribution >= 4 is 28.6 Å². The van der Waals surface area contributed by atoms with Crippen molar-refractivity contribution in [3.63, 3.8) is 0 Å². The molecular formula is C11H9ClN4O2. The number of nitrogens with one attached hydrogen (secondary N) is 1. The molecule has 0 amide bonds. The number of oxazole rings is 1. The average Bonchev–Trinajstić information content (AvgIpc) is 2.78. The molecule has 7 heteroatoms. The lowest BCUT2D eigenvalue weighted by molar-refractivity contribution is 0.555. The van der Waals surface area contributed by atoms with Gasteiger partial charge in [-0.25, -0.2) is 9.78 Å². The largest absolute Gasteiger partial charge is 0.417 e. The SMILES string of the molecule is Cn1c(N)nc(Cl)c1-c1ccc2oc(=O)[nH]c2c1. The molecule has 0 radical (unpaired) electrons. The summed E-state index contributed by atoms with van der Waals surface area (Å²) >= 11 is 6.03. The van der Waals surface area contributed by atoms with Crippen LogP contribution in [0.4, 0.5) is 5.95 Å². The van der Waals surface area contributed by atoms with Crippen LogP contribution in [-0.4, -0.2) is 14.5 Å². The molecule has 2 aromatic heterocycles. The number of anilines is 1. The van der Waals surface area contributed by atoms with Crippen LogP contribution >= 0.6 is 11.6 Å². The third kappa shape index (κ3) is 1.50. The van der Waals surface area contributed by atoms with Crippen LogP contribution in [0.5, 0.6) is 0 Å². The van der Waals surface area contributed by atoms with Gasteiger partial charge in [0.2, 0.25) is 5.95 Å². The predicted molar refractivity (Wildman–Crippen MR) is 68.5 cm³/mol. The fraction of sp³-hybridized carbons (Fsp3) is 0.0909. The zero-order chi connectivity index (χ0) is 12.9. The number of nitrogens with two attached hydrogens (primary N) is 1. The van der Waals surface area contributed by atoms with Gasteiger partial charge in [0, 0.05) is 12.6 Å². The molecule has 0 bridgehead atoms. The normalized spacial score (nSPS) is 11.2. The van der Waals surface area contributed by atoms with E-state index in [1.54, 1.807) is 29.8 Å². The number of fused-ring (bicyclic) bond motifs is 1. The molecule has 3 rings (SSSR count). The molecule has 0 spiro atoms. The number of nitrogen functional groups attached to an aromatic ring is 1. The molecule has 18 heavy (non-hydrogen) atoms. The number of imidazole rings is 1. The molecule has 0 saturated carbocycles. The molecular weight excluding hydrogens is 256 g/mol. The monoisotopic (exact) mass is 264 g/mol. The highest BCUT2D eigenvalue weighted by Crippen LogP contribution is 2.30. The second-order valence-electron chi connectivity index (χ2n) is 3.89. The van der Waals surface area contributed by atoms with E-state index in [0.29, 0.717) is 27.9 Å². The van der Waals surface area contributed by atoms with Crippen molar-refractivity contribution in [2.45, 2.75) is 0 Å². The van der Waals surface area contributed by atoms with Crippen molar-refractivity contribution in [1.29, 1.82) is 0 Å². The minimum absolute atomic E-state index is 0.320. The first-order chi connectivity index (χ1) is 8.56. The van der Waals surface area contributed by atoms with Crippen LogP contribution in [0, 0.1) is 0 Å². The summed E-state index contributed by atoms with van der Waals surface area (Å²) in [5, 5.41) is 0.320. The van der Waals surface area contributed by atoms with Gasteiger partial charge in [-0.1, -0.05) is 11.6 Å². The lowest BCUT2D eigenvalue weighted by atomic mass is 10.1. The van der Waals surface area contributed by atoms with Crippen molar-refractivity contribution < 1.29 is 4.42 Å². The Morgan fingerprint density at radius 1 is 1.50 bits per heavy atom. The molecule has 0 saturated heterocycles. The standard InChI is InChI=1S/C11H9ClN4O2/c1-16-8(9(12)15-10(16)13)5-2-3-7-6(4-5)14-11(17)18-7/h2-4H,1H3,(H2,13,15)(H,14,17). The van der Waals surface area contributed by atoms with Gasteiger partial charge in [-0.15, -0.1) is 0 Å². The highest BCUT2D eigenvalue weighted by atomic mass is 35.5. The van der Waals surface area contributed by atoms with E-state index in [9.17, 15) is 4.79 Å². The molecule has 2 heterocycles. The highest BCUT2D eigenvalue weighted by molar-refractivity contribution is 6.32. The van der Waals surface area contributed by atoms with Gasteiger partial charge in [0.1, 0.15) is 0 Å². The van der Waals surface area contributed by atoms with Crippen LogP contribution in [-0.2, 0) is 7.05 Å². The summed E-state index contributed by atoms with van der Waals surface area (Å²) < 4.78 is 6.62. The molecule has 0 fully saturated rings. The molecule has 3 aromatic rings. The predicted octanol–water partition coefficient (Wildman–Crippen LogP) is 1.76. The second-order valence-corrected chi connectivity index (χ2v) is 4.25. The number of benzene rings is 1. The fourth-order valence-corrected chi connectivity index (χ4v) is 2.22. The van der Waals surface area contributed by atoms with E-state index in [1.807, 2.05) is 0 Å². The maximum absolute atomic E-state index is 11.1. The van der Waals surface area contributed by atoms with Crippen LogP contribution in [0.15, 0.2) is 27.4 Å². The maximum Gasteiger partial charge on any atom is 0.417 e. The Morgan fingerprint density at radius 2 is 2.28 bits per heavy atom. The van der Waals surface area contributed by atoms with Crippen LogP contribution in [0.2, 0.25) is 5.15 Å². The quantitative estimate of drug-likeness (QED) is 0.701. The summed E-state index contributed by atoms with van der Waals surface area (Å²) in [7, 11) is 1.77. The Labute approximate surface area is 106 Å². The Bertz CT molecular complexity index is 799. The first-order valence-electron chi connectivity index (χ1n) is 5.17. The second kappa shape index (κ2) is 3.64. The molecule has 0 aliphatic rings. The Kier molecular flexibility index (Phi) is 2.21. The lowest BCUT2D eigenvalue weighted by Gasteiger charge is -2.03. The molecule has 0 aliphatic carbocycles. The maximum atomic E-state index is 11.1. The highest BCUT2D eigenvalue weighted by Gasteiger charge is 2.14. The van der Waals surface area contributed by atoms with E-state index in [0.717, 1.165) is 5.56 Å². The van der Waals surface area contributed by atoms with E-state index in [4.69, 9.17) is 21.8 Å². The molecule has 0 unspecified atom stereocenters. The van der Waals surface area contributed by atoms with Gasteiger partial charge in [-0.2, -0.15) is 0 Å². The molecule has 92 valence electrons. The summed E-state index contributed by atoms with van der Waals surface area (Å²) in [5.74, 6) is -0.159. The topological polar surface area (TPSA) is 89.8 Å². The Morgan fingerprint density at radius 3 is 2.94 bits per heavy atom. The van der Waals surface area contributed by atoms with Gasteiger partial charge >= 0.3 is 5.76 Å². The minimum atomic E-state index is -0.488. The van der Waals surface area contributed by atoms with Crippen molar-refractivity contribution in [3.8, 4) is 11.3 Å². The van der Waals surface area contributed by atoms with Gasteiger partial charge in [0.15, 0.2) is 10.7 Å². The van der Waals surface area contributed by atoms with Gasteiger partial charge in [0.05, 0.1) is 11.2 Å². The minimum Gasteiger partial charge on any atom is -0.408 e. The van der Waals surface area contributed by atoms with E-state index < -0.39 is 5.76 Å². The van der Waals surface area contributed by atoms with Crippen molar-refractivity contribution in [2.24, 2.45) is 7.05 Å². The average molecular weight is 265 g/mol. The van der Waals surface area contributed by atoms with Gasteiger partial charge in [0.25, 0.3) is 0 Å². The number of aromatic nitrogens is 3. The number of hydrogen-bond donors (Lipinski definition) is 2. The lowest BCUT2D eigenvalue weighted by Crippen LogP contribution is -1.98. The van der Waals surface area contributed by atoms with Crippen LogP contribution in [0.3, 0.4) is 0 Å². The molecule has 1 aromatic carbocycles. The third-order valence-corrected chi connectivity index (χ3v) is 3.04. The van der Waals surface area contributed by atoms with Crippen molar-refractivity contribution in [2.75, 3.05) is 5.73 Å². The molecule has 0 atom stereocenters. The molecule has 0 aliphatic heterocycles. The summed E-state index contributed by atoms with van der Waals surface area (Å²) in [6, 6.07) is 5.26. The molecule has 3 N–H and O–H groups in total. The zero-order valence-electron chi connectivity index (χ0n) is 9.40. The first-order valence-corrected chi connectivity index (χ1v) is 5.55. The van der Waals surface area contributed by atoms with Crippen molar-refractivity contribution in [3.05, 3.63) is 33.9 Å². The fourth-order valence-electron chi connectivity index (χ4n) is 1.89. The number of halogens is 1. The Hall–Kier alpha value is -2.21. The zero-order valence-corrected chi connectivity index (χ0v) is 10.2. The van der Waals surface area contributed by atoms with Gasteiger partial charge in [-0.3, -0.25) is 4.98 Å². The van der Waals surface area contributed by atoms with E-state index in [1.165, 1.54) is 0 Å². The van der Waals surface area contributed by atoms with Crippen LogP contribution < -0.4 is 11.5 Å². The van der Waals surface area contributed by atoms with Gasteiger partial charge < -0.3 is 14.7 Å². The number of H-pyrrole nitrogens is 1. The van der Waals surface area contributed by atoms with Crippen molar-refractivity contribution in [1.82, 2.24) is 14.5 Å². The number of nitrogens with zero attached hydrogens (tertiary/aromatic N) is 2. The van der Waals surface area contributed by atoms with E-state index >= 15 is 0 Å². The number of aromatic amines is 1. The number of rotatable bonds is 1. The summed E-state index contributed by atoms with van der Waals surface area (Å²) in [5.41, 5.74) is 8.28. The summed E-state index contributed by atoms with van der Waals surface area (Å²) in [6.45, 7) is 0. The number of hydrogen-bond acceptors (Lipinski definition) is 4. The smallest absolute Gasteiger partial charge is 0.408 e. The summed E-state index contributed by atoms with van der Waals surface area (Å²) in [4.78, 5) is 17.7. The van der Waals surface area contributed by atoms with Crippen LogP contribution in [0.25, 0.3) is 22.4 Å². The molecule has 6 nitrogen and oxygen atoms in total. The first kappa shape index (κ1) is 10.9. The summed E-state index contributed by atoms with van der Waals surface area (Å²) in [6.07, 6.45) is 0. The van der Waals surface area contributed by atoms with Crippen LogP contribution in [0.1, 0.15) is 0 Å².